The Morgan fingerprint density at radius 3 is 2.38 bits per heavy atom. The highest BCUT2D eigenvalue weighted by Crippen LogP contribution is 2.26. The molecule has 4 rings (SSSR count). The number of hydrogen-bond acceptors (Lipinski definition) is 6. The van der Waals surface area contributed by atoms with Gasteiger partial charge in [0.1, 0.15) is 11.6 Å². The number of carbonyl (C=O) groups excluding carboxylic acids is 3. The minimum atomic E-state index is -0.717. The Kier molecular flexibility index (Phi) is 6.03. The Hall–Kier alpha value is -3.88. The summed E-state index contributed by atoms with van der Waals surface area (Å²) in [5, 5.41) is 5.61. The maximum atomic E-state index is 12.9. The lowest BCUT2D eigenvalue weighted by Gasteiger charge is -2.21. The number of rotatable bonds is 5. The zero-order valence-corrected chi connectivity index (χ0v) is 19.7. The number of ether oxygens (including phenoxy) is 1. The smallest absolute Gasteiger partial charge is 0.329 e. The average Bonchev–Trinajstić information content (AvgIpc) is 2.98. The molecule has 0 radical (unpaired) electrons. The van der Waals surface area contributed by atoms with Crippen LogP contribution in [-0.4, -0.2) is 32.5 Å². The number of aromatic nitrogens is 2. The Morgan fingerprint density at radius 2 is 1.74 bits per heavy atom. The van der Waals surface area contributed by atoms with E-state index >= 15 is 0 Å². The fourth-order valence-electron chi connectivity index (χ4n) is 4.09. The van der Waals surface area contributed by atoms with E-state index < -0.39 is 17.6 Å². The number of hydrogen-bond donors (Lipinski definition) is 2. The Balaban J connectivity index is 1.53. The molecule has 2 amide bonds. The lowest BCUT2D eigenvalue weighted by atomic mass is 10.1. The summed E-state index contributed by atoms with van der Waals surface area (Å²) in [5.74, 6) is -1.06. The van der Waals surface area contributed by atoms with Crippen LogP contribution in [0.1, 0.15) is 45.2 Å². The number of nitrogens with zero attached hydrogens (tertiary/aromatic N) is 2. The van der Waals surface area contributed by atoms with Crippen LogP contribution < -0.4 is 16.3 Å². The van der Waals surface area contributed by atoms with E-state index in [0.717, 1.165) is 16.9 Å². The summed E-state index contributed by atoms with van der Waals surface area (Å²) in [6, 6.07) is 12.2. The van der Waals surface area contributed by atoms with Gasteiger partial charge in [0.2, 0.25) is 11.8 Å². The zero-order valence-electron chi connectivity index (χ0n) is 19.7. The maximum Gasteiger partial charge on any atom is 0.329 e. The molecule has 1 atom stereocenters. The van der Waals surface area contributed by atoms with Crippen LogP contribution in [0.25, 0.3) is 11.0 Å². The quantitative estimate of drug-likeness (QED) is 0.444. The van der Waals surface area contributed by atoms with E-state index in [1.54, 1.807) is 13.1 Å². The molecule has 9 nitrogen and oxygen atoms in total. The molecule has 2 N–H and O–H groups in total. The highest BCUT2D eigenvalue weighted by molar-refractivity contribution is 6.00. The third-order valence-electron chi connectivity index (χ3n) is 5.62. The summed E-state index contributed by atoms with van der Waals surface area (Å²) < 4.78 is 8.31. The summed E-state index contributed by atoms with van der Waals surface area (Å²) in [4.78, 5) is 48.8. The summed E-state index contributed by atoms with van der Waals surface area (Å²) in [6.45, 7) is 5.51. The van der Waals surface area contributed by atoms with Gasteiger partial charge in [-0.25, -0.2) is 4.79 Å². The van der Waals surface area contributed by atoms with Gasteiger partial charge in [0.25, 0.3) is 0 Å². The first-order chi connectivity index (χ1) is 16.0. The van der Waals surface area contributed by atoms with E-state index in [1.165, 1.54) is 9.13 Å². The molecule has 2 aromatic carbocycles. The van der Waals surface area contributed by atoms with Crippen LogP contribution >= 0.6 is 0 Å². The van der Waals surface area contributed by atoms with E-state index in [2.05, 4.69) is 10.6 Å². The second-order valence-corrected chi connectivity index (χ2v) is 9.47. The lowest BCUT2D eigenvalue weighted by Crippen LogP contribution is -2.44. The summed E-state index contributed by atoms with van der Waals surface area (Å²) >= 11 is 0. The van der Waals surface area contributed by atoms with Gasteiger partial charge < -0.3 is 10.1 Å². The first-order valence-corrected chi connectivity index (χ1v) is 11.1. The highest BCUT2D eigenvalue weighted by atomic mass is 16.6. The minimum absolute atomic E-state index is 0.194. The van der Waals surface area contributed by atoms with Gasteiger partial charge in [-0.3, -0.25) is 28.8 Å². The van der Waals surface area contributed by atoms with Gasteiger partial charge in [0.05, 0.1) is 17.5 Å². The van der Waals surface area contributed by atoms with Crippen molar-refractivity contribution in [3.05, 3.63) is 58.5 Å². The Bertz CT molecular complexity index is 1330. The monoisotopic (exact) mass is 464 g/mol. The molecular weight excluding hydrogens is 436 g/mol. The van der Waals surface area contributed by atoms with Gasteiger partial charge in [-0.05, 0) is 63.1 Å². The largest absolute Gasteiger partial charge is 0.460 e. The van der Waals surface area contributed by atoms with Crippen molar-refractivity contribution in [3.8, 4) is 0 Å². The van der Waals surface area contributed by atoms with Crippen molar-refractivity contribution in [2.45, 2.75) is 51.7 Å². The van der Waals surface area contributed by atoms with Crippen molar-refractivity contribution in [3.63, 3.8) is 0 Å². The van der Waals surface area contributed by atoms with Crippen molar-refractivity contribution < 1.29 is 19.1 Å². The molecule has 178 valence electrons. The van der Waals surface area contributed by atoms with Crippen LogP contribution in [0.5, 0.6) is 0 Å². The first-order valence-electron chi connectivity index (χ1n) is 11.1. The molecule has 34 heavy (non-hydrogen) atoms. The van der Waals surface area contributed by atoms with Crippen molar-refractivity contribution in [1.82, 2.24) is 14.5 Å². The van der Waals surface area contributed by atoms with Crippen LogP contribution in [0.3, 0.4) is 0 Å². The second-order valence-electron chi connectivity index (χ2n) is 9.47. The van der Waals surface area contributed by atoms with Gasteiger partial charge in [-0.1, -0.05) is 12.1 Å². The maximum absolute atomic E-state index is 12.9. The molecule has 0 spiro atoms. The molecule has 1 unspecified atom stereocenters. The van der Waals surface area contributed by atoms with E-state index in [1.807, 2.05) is 57.2 Å². The zero-order chi connectivity index (χ0) is 24.6. The summed E-state index contributed by atoms with van der Waals surface area (Å²) in [7, 11) is 1.66. The molecule has 1 fully saturated rings. The third kappa shape index (κ3) is 4.88. The van der Waals surface area contributed by atoms with Gasteiger partial charge in [-0.15, -0.1) is 0 Å². The molecule has 1 saturated heterocycles. The molecule has 0 saturated carbocycles. The number of imidazole rings is 1. The highest BCUT2D eigenvalue weighted by Gasteiger charge is 2.31. The molecule has 0 aliphatic carbocycles. The Labute approximate surface area is 196 Å². The van der Waals surface area contributed by atoms with E-state index in [4.69, 9.17) is 4.74 Å². The molecule has 9 heteroatoms. The normalized spacial score (nSPS) is 16.4. The van der Waals surface area contributed by atoms with E-state index in [-0.39, 0.29) is 30.4 Å². The predicted octanol–water partition coefficient (Wildman–Crippen LogP) is 2.95. The average molecular weight is 465 g/mol. The number of amides is 2. The van der Waals surface area contributed by atoms with Crippen LogP contribution in [0.15, 0.2) is 47.3 Å². The third-order valence-corrected chi connectivity index (χ3v) is 5.62. The minimum Gasteiger partial charge on any atom is -0.460 e. The van der Waals surface area contributed by atoms with Crippen molar-refractivity contribution in [2.24, 2.45) is 7.05 Å². The molecule has 1 aromatic heterocycles. The van der Waals surface area contributed by atoms with Crippen molar-refractivity contribution in [1.29, 1.82) is 0 Å². The Morgan fingerprint density at radius 1 is 1.06 bits per heavy atom. The number of imide groups is 1. The van der Waals surface area contributed by atoms with Crippen LogP contribution in [0, 0.1) is 0 Å². The number of anilines is 2. The number of fused-ring (bicyclic) bond motifs is 1. The number of nitrogens with one attached hydrogen (secondary N) is 2. The van der Waals surface area contributed by atoms with Gasteiger partial charge in [0.15, 0.2) is 0 Å². The molecule has 0 bridgehead atoms. The molecule has 1 aliphatic rings. The standard InChI is InChI=1S/C25H28N4O5/c1-25(2,3)34-22(31)13-15-5-7-16(8-6-15)26-17-9-10-18-20(14-17)28(4)24(33)29(18)19-11-12-21(30)27-23(19)32/h5-10,14,19,26H,11-13H2,1-4H3,(H,27,30,32). The summed E-state index contributed by atoms with van der Waals surface area (Å²) in [5.41, 5.74) is 2.90. The van der Waals surface area contributed by atoms with E-state index in [9.17, 15) is 19.2 Å². The first kappa shape index (κ1) is 23.3. The fraction of sp³-hybridized carbons (Fsp3) is 0.360. The van der Waals surface area contributed by atoms with Crippen molar-refractivity contribution in [2.75, 3.05) is 5.32 Å². The van der Waals surface area contributed by atoms with Crippen LogP contribution in [0.4, 0.5) is 11.4 Å². The molecule has 1 aliphatic heterocycles. The van der Waals surface area contributed by atoms with E-state index in [0.29, 0.717) is 17.5 Å². The van der Waals surface area contributed by atoms with Crippen LogP contribution in [0.2, 0.25) is 0 Å². The topological polar surface area (TPSA) is 111 Å². The van der Waals surface area contributed by atoms with Gasteiger partial charge in [-0.2, -0.15) is 0 Å². The van der Waals surface area contributed by atoms with Crippen LogP contribution in [-0.2, 0) is 32.6 Å². The summed E-state index contributed by atoms with van der Waals surface area (Å²) in [6.07, 6.45) is 0.682. The molecule has 2 heterocycles. The van der Waals surface area contributed by atoms with Gasteiger partial charge in [0, 0.05) is 24.8 Å². The fourth-order valence-corrected chi connectivity index (χ4v) is 4.09. The van der Waals surface area contributed by atoms with Crippen molar-refractivity contribution >= 4 is 40.2 Å². The number of piperidine rings is 1. The second kappa shape index (κ2) is 8.81. The SMILES string of the molecule is Cn1c(=O)n(C2CCC(=O)NC2=O)c2ccc(Nc3ccc(CC(=O)OC(C)(C)C)cc3)cc21. The lowest BCUT2D eigenvalue weighted by molar-refractivity contribution is -0.154. The number of esters is 1. The number of carbonyl (C=O) groups is 3. The predicted molar refractivity (Wildman–Crippen MR) is 128 cm³/mol. The molecule has 3 aromatic rings. The molecular formula is C25H28N4O5. The van der Waals surface area contributed by atoms with Gasteiger partial charge >= 0.3 is 11.7 Å². The number of aryl methyl sites for hydroxylation is 1. The number of benzene rings is 2.